The lowest BCUT2D eigenvalue weighted by Crippen LogP contribution is -2.40. The zero-order chi connectivity index (χ0) is 23.8. The van der Waals surface area contributed by atoms with Crippen LogP contribution in [-0.4, -0.2) is 51.6 Å². The van der Waals surface area contributed by atoms with Crippen LogP contribution >= 0.6 is 11.3 Å². The maximum atomic E-state index is 13.1. The summed E-state index contributed by atoms with van der Waals surface area (Å²) in [6.45, 7) is 7.34. The van der Waals surface area contributed by atoms with E-state index in [9.17, 15) is 14.4 Å². The fraction of sp³-hybridized carbons (Fsp3) is 0.538. The van der Waals surface area contributed by atoms with Gasteiger partial charge >= 0.3 is 0 Å². The molecule has 0 atom stereocenters. The molecule has 5 rings (SSSR count). The molecule has 2 aromatic rings. The Kier molecular flexibility index (Phi) is 6.53. The Balaban J connectivity index is 1.27. The van der Waals surface area contributed by atoms with E-state index < -0.39 is 0 Å². The Morgan fingerprint density at radius 3 is 2.50 bits per heavy atom. The number of piperidine rings is 1. The number of aromatic nitrogens is 1. The number of thiazole rings is 1. The zero-order valence-electron chi connectivity index (χ0n) is 19.9. The summed E-state index contributed by atoms with van der Waals surface area (Å²) in [6, 6.07) is 4.77. The average molecular weight is 481 g/mol. The Morgan fingerprint density at radius 2 is 1.76 bits per heavy atom. The number of nitrogens with one attached hydrogen (secondary N) is 1. The molecule has 2 fully saturated rings. The SMILES string of the molecule is Cc1nc(NC(=O)c2ccc3c(c2)C(=O)N(C2CCCCC2)C3=O)sc1CN1CCC(C)CC1. The van der Waals surface area contributed by atoms with Crippen LogP contribution in [0, 0.1) is 12.8 Å². The van der Waals surface area contributed by atoms with E-state index in [0.29, 0.717) is 21.8 Å². The molecule has 1 saturated carbocycles. The van der Waals surface area contributed by atoms with Crippen molar-refractivity contribution in [2.45, 2.75) is 71.4 Å². The average Bonchev–Trinajstić information content (AvgIpc) is 3.31. The van der Waals surface area contributed by atoms with E-state index in [4.69, 9.17) is 0 Å². The van der Waals surface area contributed by atoms with E-state index >= 15 is 0 Å². The number of nitrogens with zero attached hydrogens (tertiary/aromatic N) is 3. The van der Waals surface area contributed by atoms with Crippen LogP contribution in [0.25, 0.3) is 0 Å². The van der Waals surface area contributed by atoms with Crippen LogP contribution in [0.3, 0.4) is 0 Å². The number of fused-ring (bicyclic) bond motifs is 1. The number of imide groups is 1. The molecule has 0 radical (unpaired) electrons. The van der Waals surface area contributed by atoms with Crippen LogP contribution < -0.4 is 5.32 Å². The van der Waals surface area contributed by atoms with Crippen LogP contribution in [0.1, 0.15) is 93.5 Å². The molecule has 180 valence electrons. The molecule has 8 heteroatoms. The van der Waals surface area contributed by atoms with E-state index in [1.165, 1.54) is 34.0 Å². The highest BCUT2D eigenvalue weighted by molar-refractivity contribution is 7.15. The number of aryl methyl sites for hydroxylation is 1. The molecule has 1 N–H and O–H groups in total. The number of benzene rings is 1. The number of amides is 3. The van der Waals surface area contributed by atoms with Crippen molar-refractivity contribution in [3.05, 3.63) is 45.5 Å². The van der Waals surface area contributed by atoms with Gasteiger partial charge in [-0.3, -0.25) is 29.5 Å². The third kappa shape index (κ3) is 4.53. The smallest absolute Gasteiger partial charge is 0.261 e. The van der Waals surface area contributed by atoms with Gasteiger partial charge in [0.15, 0.2) is 5.13 Å². The fourth-order valence-electron chi connectivity index (χ4n) is 5.29. The Bertz CT molecular complexity index is 1110. The van der Waals surface area contributed by atoms with Crippen molar-refractivity contribution in [3.63, 3.8) is 0 Å². The predicted octanol–water partition coefficient (Wildman–Crippen LogP) is 4.86. The lowest BCUT2D eigenvalue weighted by molar-refractivity contribution is 0.0549. The molecule has 0 unspecified atom stereocenters. The predicted molar refractivity (Wildman–Crippen MR) is 132 cm³/mol. The molecule has 1 saturated heterocycles. The maximum Gasteiger partial charge on any atom is 0.261 e. The second-order valence-electron chi connectivity index (χ2n) is 9.97. The van der Waals surface area contributed by atoms with Gasteiger partial charge in [0.2, 0.25) is 0 Å². The van der Waals surface area contributed by atoms with Gasteiger partial charge in [0.1, 0.15) is 0 Å². The highest BCUT2D eigenvalue weighted by atomic mass is 32.1. The number of rotatable bonds is 5. The highest BCUT2D eigenvalue weighted by Crippen LogP contribution is 2.32. The molecule has 7 nitrogen and oxygen atoms in total. The largest absolute Gasteiger partial charge is 0.298 e. The summed E-state index contributed by atoms with van der Waals surface area (Å²) in [5.74, 6) is -0.0277. The van der Waals surface area contributed by atoms with Crippen molar-refractivity contribution in [1.82, 2.24) is 14.8 Å². The quantitative estimate of drug-likeness (QED) is 0.618. The standard InChI is InChI=1S/C26H32N4O3S/c1-16-10-12-29(13-11-16)15-22-17(2)27-26(34-22)28-23(31)18-8-9-20-21(14-18)25(33)30(24(20)32)19-6-4-3-5-7-19/h8-9,14,16,19H,3-7,10-13,15H2,1-2H3,(H,27,28,31). The van der Waals surface area contributed by atoms with Gasteiger partial charge in [-0.25, -0.2) is 4.98 Å². The third-order valence-corrected chi connectivity index (χ3v) is 8.53. The molecule has 3 heterocycles. The fourth-order valence-corrected chi connectivity index (χ4v) is 6.29. The normalized spacial score (nSPS) is 20.1. The van der Waals surface area contributed by atoms with E-state index in [-0.39, 0.29) is 23.8 Å². The topological polar surface area (TPSA) is 82.6 Å². The van der Waals surface area contributed by atoms with Crippen molar-refractivity contribution in [1.29, 1.82) is 0 Å². The van der Waals surface area contributed by atoms with E-state index in [2.05, 4.69) is 22.1 Å². The molecular weight excluding hydrogens is 448 g/mol. The van der Waals surface area contributed by atoms with Gasteiger partial charge in [0.25, 0.3) is 17.7 Å². The Labute approximate surface area is 204 Å². The number of carbonyl (C=O) groups is 3. The number of hydrogen-bond donors (Lipinski definition) is 1. The number of carbonyl (C=O) groups excluding carboxylic acids is 3. The van der Waals surface area contributed by atoms with E-state index in [1.807, 2.05) is 6.92 Å². The van der Waals surface area contributed by atoms with Crippen molar-refractivity contribution in [2.24, 2.45) is 5.92 Å². The van der Waals surface area contributed by atoms with Crippen LogP contribution in [0.2, 0.25) is 0 Å². The van der Waals surface area contributed by atoms with Gasteiger partial charge in [-0.05, 0) is 69.8 Å². The molecule has 1 aromatic heterocycles. The molecule has 0 spiro atoms. The van der Waals surface area contributed by atoms with Gasteiger partial charge in [-0.2, -0.15) is 0 Å². The maximum absolute atomic E-state index is 13.1. The van der Waals surface area contributed by atoms with Gasteiger partial charge < -0.3 is 0 Å². The minimum absolute atomic E-state index is 0.0294. The summed E-state index contributed by atoms with van der Waals surface area (Å²) in [5, 5.41) is 3.46. The Hall–Kier alpha value is -2.58. The van der Waals surface area contributed by atoms with Gasteiger partial charge in [-0.15, -0.1) is 11.3 Å². The molecule has 3 amide bonds. The molecule has 3 aliphatic rings. The summed E-state index contributed by atoms with van der Waals surface area (Å²) < 4.78 is 0. The summed E-state index contributed by atoms with van der Waals surface area (Å²) in [5.41, 5.74) is 2.04. The van der Waals surface area contributed by atoms with E-state index in [1.54, 1.807) is 18.2 Å². The van der Waals surface area contributed by atoms with Crippen LogP contribution in [0.15, 0.2) is 18.2 Å². The van der Waals surface area contributed by atoms with Crippen molar-refractivity contribution >= 4 is 34.2 Å². The van der Waals surface area contributed by atoms with Crippen LogP contribution in [-0.2, 0) is 6.54 Å². The van der Waals surface area contributed by atoms with Crippen LogP contribution in [0.5, 0.6) is 0 Å². The summed E-state index contributed by atoms with van der Waals surface area (Å²) in [6.07, 6.45) is 7.40. The molecule has 1 aliphatic carbocycles. The van der Waals surface area contributed by atoms with Crippen LogP contribution in [0.4, 0.5) is 5.13 Å². The second kappa shape index (κ2) is 9.58. The summed E-state index contributed by atoms with van der Waals surface area (Å²) >= 11 is 1.51. The first-order valence-electron chi connectivity index (χ1n) is 12.4. The van der Waals surface area contributed by atoms with Gasteiger partial charge in [-0.1, -0.05) is 26.2 Å². The Morgan fingerprint density at radius 1 is 1.06 bits per heavy atom. The van der Waals surface area contributed by atoms with Crippen molar-refractivity contribution < 1.29 is 14.4 Å². The van der Waals surface area contributed by atoms with E-state index in [0.717, 1.165) is 63.4 Å². The van der Waals surface area contributed by atoms with Crippen molar-refractivity contribution in [3.8, 4) is 0 Å². The summed E-state index contributed by atoms with van der Waals surface area (Å²) in [4.78, 5) is 48.5. The number of hydrogen-bond acceptors (Lipinski definition) is 6. The lowest BCUT2D eigenvalue weighted by atomic mass is 9.94. The first kappa shape index (κ1) is 23.2. The van der Waals surface area contributed by atoms with Crippen molar-refractivity contribution in [2.75, 3.05) is 18.4 Å². The first-order valence-corrected chi connectivity index (χ1v) is 13.2. The molecule has 34 heavy (non-hydrogen) atoms. The molecule has 1 aromatic carbocycles. The minimum atomic E-state index is -0.314. The summed E-state index contributed by atoms with van der Waals surface area (Å²) in [7, 11) is 0. The number of likely N-dealkylation sites (tertiary alicyclic amines) is 1. The van der Waals surface area contributed by atoms with Gasteiger partial charge in [0, 0.05) is 23.0 Å². The van der Waals surface area contributed by atoms with Gasteiger partial charge in [0.05, 0.1) is 16.8 Å². The third-order valence-electron chi connectivity index (χ3n) is 7.48. The monoisotopic (exact) mass is 480 g/mol. The second-order valence-corrected chi connectivity index (χ2v) is 11.1. The molecule has 0 bridgehead atoms. The first-order chi connectivity index (χ1) is 16.4. The zero-order valence-corrected chi connectivity index (χ0v) is 20.7. The molecule has 2 aliphatic heterocycles. The number of anilines is 1. The lowest BCUT2D eigenvalue weighted by Gasteiger charge is -2.29. The highest BCUT2D eigenvalue weighted by Gasteiger charge is 2.40. The minimum Gasteiger partial charge on any atom is -0.298 e. The molecular formula is C26H32N4O3S.